The topological polar surface area (TPSA) is 0 Å². The van der Waals surface area contributed by atoms with Crippen molar-refractivity contribution in [1.82, 2.24) is 0 Å². The molecule has 0 aromatic heterocycles. The van der Waals surface area contributed by atoms with Crippen molar-refractivity contribution in [2.75, 3.05) is 5.88 Å². The second-order valence-electron chi connectivity index (χ2n) is 3.16. The van der Waals surface area contributed by atoms with Gasteiger partial charge in [0.05, 0.1) is 0 Å². The highest BCUT2D eigenvalue weighted by atomic mass is 35.5. The summed E-state index contributed by atoms with van der Waals surface area (Å²) in [5, 5.41) is 0.797. The van der Waals surface area contributed by atoms with E-state index in [-0.39, 0.29) is 0 Å². The van der Waals surface area contributed by atoms with Gasteiger partial charge in [-0.15, -0.1) is 11.6 Å². The zero-order valence-electron chi connectivity index (χ0n) is 8.32. The smallest absolute Gasteiger partial charge is 0.0438 e. The van der Waals surface area contributed by atoms with Gasteiger partial charge in [-0.3, -0.25) is 0 Å². The largest absolute Gasteiger partial charge is 0.126 e. The summed E-state index contributed by atoms with van der Waals surface area (Å²) >= 11 is 11.5. The molecule has 0 aliphatic rings. The fraction of sp³-hybridized carbons (Fsp3) is 0.333. The summed E-state index contributed by atoms with van der Waals surface area (Å²) in [7, 11) is 0. The molecule has 1 aromatic carbocycles. The molecular formula is C12H12Cl2. The molecule has 0 nitrogen and oxygen atoms in total. The van der Waals surface area contributed by atoms with Crippen molar-refractivity contribution in [3.63, 3.8) is 0 Å². The first-order valence-electron chi connectivity index (χ1n) is 4.46. The molecule has 0 unspecified atom stereocenters. The van der Waals surface area contributed by atoms with Crippen molar-refractivity contribution in [3.05, 3.63) is 33.8 Å². The van der Waals surface area contributed by atoms with Crippen molar-refractivity contribution in [2.45, 2.75) is 20.3 Å². The second-order valence-corrected chi connectivity index (χ2v) is 3.94. The Kier molecular flexibility index (Phi) is 4.32. The van der Waals surface area contributed by atoms with Crippen molar-refractivity contribution in [2.24, 2.45) is 0 Å². The van der Waals surface area contributed by atoms with Gasteiger partial charge in [0, 0.05) is 22.9 Å². The van der Waals surface area contributed by atoms with Crippen molar-refractivity contribution >= 4 is 23.2 Å². The quantitative estimate of drug-likeness (QED) is 0.503. The van der Waals surface area contributed by atoms with E-state index in [1.54, 1.807) is 0 Å². The van der Waals surface area contributed by atoms with Gasteiger partial charge in [-0.1, -0.05) is 23.4 Å². The van der Waals surface area contributed by atoms with Crippen LogP contribution in [0.1, 0.15) is 23.1 Å². The summed E-state index contributed by atoms with van der Waals surface area (Å²) in [4.78, 5) is 0. The maximum absolute atomic E-state index is 5.98. The van der Waals surface area contributed by atoms with Gasteiger partial charge in [0.25, 0.3) is 0 Å². The molecule has 14 heavy (non-hydrogen) atoms. The summed E-state index contributed by atoms with van der Waals surface area (Å²) < 4.78 is 0. The van der Waals surface area contributed by atoms with E-state index in [1.165, 1.54) is 0 Å². The van der Waals surface area contributed by atoms with Crippen LogP contribution in [0.2, 0.25) is 5.02 Å². The van der Waals surface area contributed by atoms with Crippen LogP contribution in [0.3, 0.4) is 0 Å². The first kappa shape index (κ1) is 11.4. The average molecular weight is 227 g/mol. The van der Waals surface area contributed by atoms with Gasteiger partial charge in [-0.2, -0.15) is 0 Å². The van der Waals surface area contributed by atoms with E-state index in [4.69, 9.17) is 23.2 Å². The fourth-order valence-corrected chi connectivity index (χ4v) is 1.43. The lowest BCUT2D eigenvalue weighted by Gasteiger charge is -2.02. The molecule has 0 aliphatic carbocycles. The molecule has 2 heteroatoms. The van der Waals surface area contributed by atoms with E-state index < -0.39 is 0 Å². The van der Waals surface area contributed by atoms with Gasteiger partial charge in [-0.05, 0) is 37.1 Å². The van der Waals surface area contributed by atoms with Crippen LogP contribution in [0.25, 0.3) is 0 Å². The summed E-state index contributed by atoms with van der Waals surface area (Å²) in [6, 6.07) is 3.96. The van der Waals surface area contributed by atoms with Gasteiger partial charge < -0.3 is 0 Å². The summed E-state index contributed by atoms with van der Waals surface area (Å²) in [5.74, 6) is 6.68. The number of benzene rings is 1. The minimum absolute atomic E-state index is 0.582. The summed E-state index contributed by atoms with van der Waals surface area (Å²) in [5.41, 5.74) is 3.21. The molecule has 0 spiro atoms. The maximum Gasteiger partial charge on any atom is 0.0438 e. The third-order valence-corrected chi connectivity index (χ3v) is 2.54. The van der Waals surface area contributed by atoms with Gasteiger partial charge >= 0.3 is 0 Å². The Labute approximate surface area is 95.2 Å². The summed E-state index contributed by atoms with van der Waals surface area (Å²) in [6.07, 6.45) is 0.725. The highest BCUT2D eigenvalue weighted by Crippen LogP contribution is 2.19. The zero-order valence-corrected chi connectivity index (χ0v) is 9.84. The second kappa shape index (κ2) is 5.29. The normalized spacial score (nSPS) is 9.43. The predicted octanol–water partition coefficient (Wildman–Crippen LogP) is 3.94. The Hall–Kier alpha value is -0.640. The molecule has 0 fully saturated rings. The number of hydrogen-bond acceptors (Lipinski definition) is 0. The highest BCUT2D eigenvalue weighted by molar-refractivity contribution is 6.31. The van der Waals surface area contributed by atoms with Gasteiger partial charge in [0.2, 0.25) is 0 Å². The first-order chi connectivity index (χ1) is 6.65. The minimum atomic E-state index is 0.582. The molecule has 74 valence electrons. The van der Waals surface area contributed by atoms with Crippen LogP contribution in [-0.4, -0.2) is 5.88 Å². The van der Waals surface area contributed by atoms with Crippen LogP contribution in [-0.2, 0) is 0 Å². The third kappa shape index (κ3) is 2.94. The van der Waals surface area contributed by atoms with Crippen LogP contribution in [0.5, 0.6) is 0 Å². The number of rotatable bonds is 1. The van der Waals surface area contributed by atoms with Crippen molar-refractivity contribution in [3.8, 4) is 11.8 Å². The lowest BCUT2D eigenvalue weighted by Crippen LogP contribution is -1.85. The van der Waals surface area contributed by atoms with Crippen LogP contribution in [0, 0.1) is 25.7 Å². The fourth-order valence-electron chi connectivity index (χ4n) is 1.12. The Balaban J connectivity index is 3.00. The molecule has 0 amide bonds. The van der Waals surface area contributed by atoms with Crippen molar-refractivity contribution in [1.29, 1.82) is 0 Å². The number of alkyl halides is 1. The SMILES string of the molecule is Cc1cc(C#CCCCl)c(C)cc1Cl. The molecule has 1 aromatic rings. The lowest BCUT2D eigenvalue weighted by atomic mass is 10.1. The predicted molar refractivity (Wildman–Crippen MR) is 63.1 cm³/mol. The van der Waals surface area contributed by atoms with Gasteiger partial charge in [0.15, 0.2) is 0 Å². The Bertz CT molecular complexity index is 383. The molecule has 1 rings (SSSR count). The molecule has 0 atom stereocenters. The van der Waals surface area contributed by atoms with Crippen LogP contribution < -0.4 is 0 Å². The van der Waals surface area contributed by atoms with E-state index >= 15 is 0 Å². The van der Waals surface area contributed by atoms with Crippen LogP contribution >= 0.6 is 23.2 Å². The van der Waals surface area contributed by atoms with Gasteiger partial charge in [0.1, 0.15) is 0 Å². The minimum Gasteiger partial charge on any atom is -0.126 e. The Morgan fingerprint density at radius 3 is 2.57 bits per heavy atom. The van der Waals surface area contributed by atoms with E-state index in [0.29, 0.717) is 5.88 Å². The monoisotopic (exact) mass is 226 g/mol. The lowest BCUT2D eigenvalue weighted by molar-refractivity contribution is 1.28. The maximum atomic E-state index is 5.98. The molecule has 0 bridgehead atoms. The number of halogens is 2. The molecule has 0 radical (unpaired) electrons. The van der Waals surface area contributed by atoms with E-state index in [2.05, 4.69) is 11.8 Å². The summed E-state index contributed by atoms with van der Waals surface area (Å²) in [6.45, 7) is 3.99. The third-order valence-electron chi connectivity index (χ3n) is 1.95. The average Bonchev–Trinajstić information content (AvgIpc) is 2.14. The van der Waals surface area contributed by atoms with Crippen LogP contribution in [0.15, 0.2) is 12.1 Å². The molecule has 0 saturated carbocycles. The van der Waals surface area contributed by atoms with Crippen molar-refractivity contribution < 1.29 is 0 Å². The Morgan fingerprint density at radius 2 is 1.93 bits per heavy atom. The van der Waals surface area contributed by atoms with Crippen LogP contribution in [0.4, 0.5) is 0 Å². The van der Waals surface area contributed by atoms with Gasteiger partial charge in [-0.25, -0.2) is 0 Å². The first-order valence-corrected chi connectivity index (χ1v) is 5.38. The molecule has 0 heterocycles. The molecule has 0 saturated heterocycles. The molecule has 0 aliphatic heterocycles. The molecule has 0 N–H and O–H groups in total. The zero-order chi connectivity index (χ0) is 10.6. The van der Waals surface area contributed by atoms with E-state index in [9.17, 15) is 0 Å². The molecular weight excluding hydrogens is 215 g/mol. The number of hydrogen-bond donors (Lipinski definition) is 0. The van der Waals surface area contributed by atoms with E-state index in [0.717, 1.165) is 28.1 Å². The standard InChI is InChI=1S/C12H12Cl2/c1-9-8-12(14)10(2)7-11(9)5-3-4-6-13/h7-8H,4,6H2,1-2H3. The Morgan fingerprint density at radius 1 is 1.21 bits per heavy atom. The number of aryl methyl sites for hydroxylation is 2. The van der Waals surface area contributed by atoms with E-state index in [1.807, 2.05) is 26.0 Å². The highest BCUT2D eigenvalue weighted by Gasteiger charge is 1.99.